The Morgan fingerprint density at radius 1 is 1.37 bits per heavy atom. The fourth-order valence-corrected chi connectivity index (χ4v) is 2.00. The average Bonchev–Trinajstić information content (AvgIpc) is 2.31. The average molecular weight is 279 g/mol. The molecule has 0 amide bonds. The summed E-state index contributed by atoms with van der Waals surface area (Å²) >= 11 is 6.01. The van der Waals surface area contributed by atoms with E-state index >= 15 is 0 Å². The molecule has 2 N–H and O–H groups in total. The van der Waals surface area contributed by atoms with Crippen LogP contribution in [-0.2, 0) is 0 Å². The van der Waals surface area contributed by atoms with Gasteiger partial charge in [-0.1, -0.05) is 23.7 Å². The number of carboxylic acid groups (broad SMARTS) is 1. The van der Waals surface area contributed by atoms with Crippen LogP contribution in [-0.4, -0.2) is 21.0 Å². The summed E-state index contributed by atoms with van der Waals surface area (Å²) in [7, 11) is 0. The molecule has 1 aromatic carbocycles. The van der Waals surface area contributed by atoms with Crippen LogP contribution in [0.2, 0.25) is 5.02 Å². The molecule has 19 heavy (non-hydrogen) atoms. The lowest BCUT2D eigenvalue weighted by molar-refractivity contribution is 0.0693. The molecule has 0 aliphatic carbocycles. The van der Waals surface area contributed by atoms with Crippen molar-refractivity contribution in [2.45, 2.75) is 13.8 Å². The third-order valence-electron chi connectivity index (χ3n) is 2.84. The molecule has 1 aromatic heterocycles. The fourth-order valence-electron chi connectivity index (χ4n) is 1.83. The largest absolute Gasteiger partial charge is 0.477 e. The third kappa shape index (κ3) is 2.37. The Kier molecular flexibility index (Phi) is 3.40. The summed E-state index contributed by atoms with van der Waals surface area (Å²) in [5, 5.41) is 9.48. The van der Waals surface area contributed by atoms with Crippen LogP contribution in [0.3, 0.4) is 0 Å². The van der Waals surface area contributed by atoms with Gasteiger partial charge in [0.2, 0.25) is 0 Å². The highest BCUT2D eigenvalue weighted by Crippen LogP contribution is 2.25. The number of benzene rings is 1. The third-order valence-corrected chi connectivity index (χ3v) is 3.25. The highest BCUT2D eigenvalue weighted by Gasteiger charge is 2.16. The Morgan fingerprint density at radius 3 is 2.63 bits per heavy atom. The van der Waals surface area contributed by atoms with Gasteiger partial charge in [-0.15, -0.1) is 0 Å². The highest BCUT2D eigenvalue weighted by atomic mass is 35.5. The second-order valence-corrected chi connectivity index (χ2v) is 4.50. The van der Waals surface area contributed by atoms with E-state index in [4.69, 9.17) is 16.7 Å². The van der Waals surface area contributed by atoms with Crippen molar-refractivity contribution in [3.63, 3.8) is 0 Å². The molecule has 0 fully saturated rings. The van der Waals surface area contributed by atoms with E-state index in [1.165, 1.54) is 6.92 Å². The number of carbonyl (C=O) groups is 1. The van der Waals surface area contributed by atoms with Gasteiger partial charge in [0, 0.05) is 10.6 Å². The minimum atomic E-state index is -1.29. The molecule has 1 heterocycles. The first-order valence-corrected chi connectivity index (χ1v) is 5.89. The zero-order valence-electron chi connectivity index (χ0n) is 10.3. The van der Waals surface area contributed by atoms with Crippen LogP contribution >= 0.6 is 11.6 Å². The first-order chi connectivity index (χ1) is 8.91. The normalized spacial score (nSPS) is 10.5. The zero-order valence-corrected chi connectivity index (χ0v) is 11.1. The summed E-state index contributed by atoms with van der Waals surface area (Å²) in [5.74, 6) is -0.979. The van der Waals surface area contributed by atoms with Gasteiger partial charge in [0.05, 0.1) is 5.69 Å². The quantitative estimate of drug-likeness (QED) is 0.883. The maximum absolute atomic E-state index is 11.8. The second-order valence-electron chi connectivity index (χ2n) is 4.09. The SMILES string of the molecule is Cc1nc(-c2cccc(Cl)c2C)[nH]c(=O)c1C(=O)O. The maximum atomic E-state index is 11.8. The van der Waals surface area contributed by atoms with Crippen LogP contribution in [0.4, 0.5) is 0 Å². The molecule has 6 heteroatoms. The van der Waals surface area contributed by atoms with Gasteiger partial charge in [-0.3, -0.25) is 4.79 Å². The van der Waals surface area contributed by atoms with Crippen LogP contribution in [0.1, 0.15) is 21.6 Å². The molecule has 0 aliphatic rings. The van der Waals surface area contributed by atoms with Gasteiger partial charge in [-0.05, 0) is 25.5 Å². The van der Waals surface area contributed by atoms with E-state index in [2.05, 4.69) is 9.97 Å². The fraction of sp³-hybridized carbons (Fsp3) is 0.154. The molecule has 0 radical (unpaired) electrons. The molecule has 0 spiro atoms. The number of hydrogen-bond donors (Lipinski definition) is 2. The molecule has 0 aliphatic heterocycles. The second kappa shape index (κ2) is 4.85. The first kappa shape index (κ1) is 13.3. The van der Waals surface area contributed by atoms with Crippen molar-refractivity contribution in [3.8, 4) is 11.4 Å². The Morgan fingerprint density at radius 2 is 2.05 bits per heavy atom. The topological polar surface area (TPSA) is 83.0 Å². The van der Waals surface area contributed by atoms with E-state index < -0.39 is 11.5 Å². The maximum Gasteiger partial charge on any atom is 0.343 e. The number of nitrogens with one attached hydrogen (secondary N) is 1. The summed E-state index contributed by atoms with van der Waals surface area (Å²) in [5.41, 5.74) is 0.600. The predicted molar refractivity (Wildman–Crippen MR) is 71.7 cm³/mol. The number of nitrogens with zero attached hydrogens (tertiary/aromatic N) is 1. The van der Waals surface area contributed by atoms with Crippen LogP contribution in [0, 0.1) is 13.8 Å². The van der Waals surface area contributed by atoms with E-state index in [1.54, 1.807) is 25.1 Å². The number of rotatable bonds is 2. The molecule has 0 saturated heterocycles. The van der Waals surface area contributed by atoms with Crippen LogP contribution in [0.5, 0.6) is 0 Å². The Balaban J connectivity index is 2.69. The molecule has 2 aromatic rings. The number of halogens is 1. The molecule has 0 saturated carbocycles. The van der Waals surface area contributed by atoms with Crippen molar-refractivity contribution >= 4 is 17.6 Å². The van der Waals surface area contributed by atoms with Crippen molar-refractivity contribution in [3.05, 3.63) is 50.4 Å². The number of H-pyrrole nitrogens is 1. The van der Waals surface area contributed by atoms with E-state index in [-0.39, 0.29) is 11.3 Å². The molecule has 0 bridgehead atoms. The van der Waals surface area contributed by atoms with Gasteiger partial charge < -0.3 is 10.1 Å². The van der Waals surface area contributed by atoms with Crippen molar-refractivity contribution in [1.29, 1.82) is 0 Å². The summed E-state index contributed by atoms with van der Waals surface area (Å²) in [6, 6.07) is 5.24. The number of aryl methyl sites for hydroxylation is 1. The van der Waals surface area contributed by atoms with E-state index in [0.29, 0.717) is 16.4 Å². The monoisotopic (exact) mass is 278 g/mol. The van der Waals surface area contributed by atoms with Crippen molar-refractivity contribution < 1.29 is 9.90 Å². The molecule has 2 rings (SSSR count). The standard InChI is InChI=1S/C13H11ClN2O3/c1-6-8(4-3-5-9(6)14)11-15-7(2)10(13(18)19)12(17)16-11/h3-5H,1-2H3,(H,18,19)(H,15,16,17). The number of aromatic amines is 1. The lowest BCUT2D eigenvalue weighted by Crippen LogP contribution is -2.21. The van der Waals surface area contributed by atoms with Gasteiger partial charge in [0.25, 0.3) is 5.56 Å². The predicted octanol–water partition coefficient (Wildman–Crippen LogP) is 2.41. The number of aromatic nitrogens is 2. The smallest absolute Gasteiger partial charge is 0.343 e. The van der Waals surface area contributed by atoms with Gasteiger partial charge in [0.1, 0.15) is 11.4 Å². The summed E-state index contributed by atoms with van der Waals surface area (Å²) < 4.78 is 0. The van der Waals surface area contributed by atoms with E-state index in [0.717, 1.165) is 5.56 Å². The summed E-state index contributed by atoms with van der Waals surface area (Å²) in [6.07, 6.45) is 0. The van der Waals surface area contributed by atoms with Gasteiger partial charge in [-0.2, -0.15) is 0 Å². The number of aromatic carboxylic acids is 1. The summed E-state index contributed by atoms with van der Waals surface area (Å²) in [4.78, 5) is 29.3. The van der Waals surface area contributed by atoms with Crippen LogP contribution in [0.15, 0.2) is 23.0 Å². The molecular weight excluding hydrogens is 268 g/mol. The van der Waals surface area contributed by atoms with Crippen LogP contribution < -0.4 is 5.56 Å². The lowest BCUT2D eigenvalue weighted by Gasteiger charge is -2.08. The first-order valence-electron chi connectivity index (χ1n) is 5.51. The minimum absolute atomic E-state index is 0.172. The van der Waals surface area contributed by atoms with Crippen LogP contribution in [0.25, 0.3) is 11.4 Å². The summed E-state index contributed by atoms with van der Waals surface area (Å²) in [6.45, 7) is 3.29. The van der Waals surface area contributed by atoms with Crippen molar-refractivity contribution in [2.24, 2.45) is 0 Å². The van der Waals surface area contributed by atoms with Gasteiger partial charge in [-0.25, -0.2) is 9.78 Å². The minimum Gasteiger partial charge on any atom is -0.477 e. The van der Waals surface area contributed by atoms with Gasteiger partial charge in [0.15, 0.2) is 0 Å². The van der Waals surface area contributed by atoms with E-state index in [1.807, 2.05) is 0 Å². The zero-order chi connectivity index (χ0) is 14.2. The molecular formula is C13H11ClN2O3. The molecule has 0 atom stereocenters. The lowest BCUT2D eigenvalue weighted by atomic mass is 10.1. The Bertz CT molecular complexity index is 722. The van der Waals surface area contributed by atoms with Crippen molar-refractivity contribution in [2.75, 3.05) is 0 Å². The Hall–Kier alpha value is -2.14. The highest BCUT2D eigenvalue weighted by molar-refractivity contribution is 6.31. The van der Waals surface area contributed by atoms with Gasteiger partial charge >= 0.3 is 5.97 Å². The molecule has 5 nitrogen and oxygen atoms in total. The molecule has 98 valence electrons. The number of carboxylic acids is 1. The molecule has 0 unspecified atom stereocenters. The number of hydrogen-bond acceptors (Lipinski definition) is 3. The van der Waals surface area contributed by atoms with Crippen molar-refractivity contribution in [1.82, 2.24) is 9.97 Å². The Labute approximate surface area is 113 Å². The van der Waals surface area contributed by atoms with E-state index in [9.17, 15) is 9.59 Å².